The number of aryl methyl sites for hydroxylation is 1. The van der Waals surface area contributed by atoms with Gasteiger partial charge in [-0.05, 0) is 55.6 Å². The van der Waals surface area contributed by atoms with Gasteiger partial charge in [0.1, 0.15) is 5.82 Å². The zero-order valence-corrected chi connectivity index (χ0v) is 14.0. The Morgan fingerprint density at radius 2 is 1.87 bits per heavy atom. The average molecular weight is 351 g/mol. The van der Waals surface area contributed by atoms with Crippen molar-refractivity contribution in [2.24, 2.45) is 5.73 Å². The molecule has 0 atom stereocenters. The standard InChI is InChI=1S/C18H17Cl2FN2/c19-15-6-3-5-13-12(4-1-2-9-22)17(23-18(13)15)14-8-7-11(21)10-16(14)20/h3,5-8,10,23H,1-2,4,9,22H2. The Labute approximate surface area is 144 Å². The predicted molar refractivity (Wildman–Crippen MR) is 95.7 cm³/mol. The van der Waals surface area contributed by atoms with E-state index in [2.05, 4.69) is 4.98 Å². The molecule has 0 bridgehead atoms. The molecule has 2 nitrogen and oxygen atoms in total. The molecule has 0 amide bonds. The molecule has 0 aliphatic heterocycles. The zero-order chi connectivity index (χ0) is 16.4. The number of nitrogens with one attached hydrogen (secondary N) is 1. The Bertz CT molecular complexity index is 842. The third-order valence-corrected chi connectivity index (χ3v) is 4.60. The summed E-state index contributed by atoms with van der Waals surface area (Å²) in [6, 6.07) is 10.3. The number of rotatable bonds is 5. The molecule has 0 saturated heterocycles. The molecule has 5 heteroatoms. The van der Waals surface area contributed by atoms with Crippen molar-refractivity contribution in [3.05, 3.63) is 57.8 Å². The van der Waals surface area contributed by atoms with Crippen molar-refractivity contribution in [1.82, 2.24) is 4.98 Å². The molecule has 0 radical (unpaired) electrons. The Morgan fingerprint density at radius 1 is 1.04 bits per heavy atom. The molecule has 3 rings (SSSR count). The van der Waals surface area contributed by atoms with Gasteiger partial charge in [0.25, 0.3) is 0 Å². The van der Waals surface area contributed by atoms with Crippen LogP contribution in [0.4, 0.5) is 4.39 Å². The normalized spacial score (nSPS) is 11.3. The minimum absolute atomic E-state index is 0.349. The van der Waals surface area contributed by atoms with Gasteiger partial charge < -0.3 is 10.7 Å². The Balaban J connectivity index is 2.17. The van der Waals surface area contributed by atoms with Crippen molar-refractivity contribution >= 4 is 34.1 Å². The fourth-order valence-corrected chi connectivity index (χ4v) is 3.35. The molecule has 0 aliphatic carbocycles. The van der Waals surface area contributed by atoms with E-state index >= 15 is 0 Å². The zero-order valence-electron chi connectivity index (χ0n) is 12.5. The molecule has 120 valence electrons. The quantitative estimate of drug-likeness (QED) is 0.581. The van der Waals surface area contributed by atoms with E-state index in [9.17, 15) is 4.39 Å². The van der Waals surface area contributed by atoms with Crippen molar-refractivity contribution in [2.45, 2.75) is 19.3 Å². The SMILES string of the molecule is NCCCCc1c(-c2ccc(F)cc2Cl)[nH]c2c(Cl)cccc12. The molecule has 3 aromatic rings. The lowest BCUT2D eigenvalue weighted by molar-refractivity contribution is 0.628. The molecule has 1 heterocycles. The van der Waals surface area contributed by atoms with Gasteiger partial charge in [0, 0.05) is 10.9 Å². The first-order valence-electron chi connectivity index (χ1n) is 7.56. The van der Waals surface area contributed by atoms with Gasteiger partial charge in [0.05, 0.1) is 21.3 Å². The molecular formula is C18H17Cl2FN2. The van der Waals surface area contributed by atoms with E-state index in [-0.39, 0.29) is 5.82 Å². The second kappa shape index (κ2) is 6.91. The summed E-state index contributed by atoms with van der Waals surface area (Å²) in [4.78, 5) is 3.37. The highest BCUT2D eigenvalue weighted by Gasteiger charge is 2.16. The van der Waals surface area contributed by atoms with Crippen LogP contribution in [-0.4, -0.2) is 11.5 Å². The van der Waals surface area contributed by atoms with Crippen LogP contribution in [0.25, 0.3) is 22.2 Å². The summed E-state index contributed by atoms with van der Waals surface area (Å²) in [6.07, 6.45) is 2.78. The van der Waals surface area contributed by atoms with Gasteiger partial charge in [-0.25, -0.2) is 4.39 Å². The number of para-hydroxylation sites is 1. The molecule has 0 fully saturated rings. The third kappa shape index (κ3) is 3.23. The number of unbranched alkanes of at least 4 members (excludes halogenated alkanes) is 1. The topological polar surface area (TPSA) is 41.8 Å². The van der Waals surface area contributed by atoms with Crippen LogP contribution in [0.5, 0.6) is 0 Å². The number of nitrogens with two attached hydrogens (primary N) is 1. The second-order valence-electron chi connectivity index (χ2n) is 5.51. The highest BCUT2D eigenvalue weighted by atomic mass is 35.5. The molecule has 0 spiro atoms. The molecule has 0 saturated carbocycles. The van der Waals surface area contributed by atoms with E-state index in [1.54, 1.807) is 6.07 Å². The van der Waals surface area contributed by atoms with Gasteiger partial charge >= 0.3 is 0 Å². The van der Waals surface area contributed by atoms with Gasteiger partial charge in [-0.1, -0.05) is 35.3 Å². The monoisotopic (exact) mass is 350 g/mol. The first-order valence-corrected chi connectivity index (χ1v) is 8.32. The predicted octanol–water partition coefficient (Wildman–Crippen LogP) is 5.56. The molecule has 0 unspecified atom stereocenters. The van der Waals surface area contributed by atoms with Crippen molar-refractivity contribution in [2.75, 3.05) is 6.54 Å². The summed E-state index contributed by atoms with van der Waals surface area (Å²) >= 11 is 12.6. The van der Waals surface area contributed by atoms with Crippen LogP contribution >= 0.6 is 23.2 Å². The maximum absolute atomic E-state index is 13.4. The summed E-state index contributed by atoms with van der Waals surface area (Å²) in [5, 5.41) is 2.12. The van der Waals surface area contributed by atoms with Gasteiger partial charge in [0.2, 0.25) is 0 Å². The number of benzene rings is 2. The fourth-order valence-electron chi connectivity index (χ4n) is 2.87. The molecule has 3 N–H and O–H groups in total. The number of aromatic amines is 1. The lowest BCUT2D eigenvalue weighted by atomic mass is 10.00. The Morgan fingerprint density at radius 3 is 2.61 bits per heavy atom. The molecule has 2 aromatic carbocycles. The smallest absolute Gasteiger partial charge is 0.124 e. The minimum Gasteiger partial charge on any atom is -0.353 e. The summed E-state index contributed by atoms with van der Waals surface area (Å²) in [5.41, 5.74) is 9.31. The van der Waals surface area contributed by atoms with E-state index in [0.717, 1.165) is 47.0 Å². The van der Waals surface area contributed by atoms with E-state index in [4.69, 9.17) is 28.9 Å². The minimum atomic E-state index is -0.349. The number of hydrogen-bond donors (Lipinski definition) is 2. The molecule has 1 aromatic heterocycles. The maximum Gasteiger partial charge on any atom is 0.124 e. The highest BCUT2D eigenvalue weighted by molar-refractivity contribution is 6.35. The van der Waals surface area contributed by atoms with Crippen LogP contribution in [0, 0.1) is 5.82 Å². The number of fused-ring (bicyclic) bond motifs is 1. The van der Waals surface area contributed by atoms with Crippen molar-refractivity contribution in [3.63, 3.8) is 0 Å². The van der Waals surface area contributed by atoms with Gasteiger partial charge in [-0.15, -0.1) is 0 Å². The number of hydrogen-bond acceptors (Lipinski definition) is 1. The molecule has 0 aliphatic rings. The summed E-state index contributed by atoms with van der Waals surface area (Å²) < 4.78 is 13.4. The Hall–Kier alpha value is -1.55. The largest absolute Gasteiger partial charge is 0.353 e. The van der Waals surface area contributed by atoms with E-state index < -0.39 is 0 Å². The summed E-state index contributed by atoms with van der Waals surface area (Å²) in [6.45, 7) is 0.662. The second-order valence-corrected chi connectivity index (χ2v) is 6.33. The van der Waals surface area contributed by atoms with E-state index in [1.165, 1.54) is 12.1 Å². The summed E-state index contributed by atoms with van der Waals surface area (Å²) in [7, 11) is 0. The average Bonchev–Trinajstić information content (AvgIpc) is 2.88. The van der Waals surface area contributed by atoms with Crippen molar-refractivity contribution in [1.29, 1.82) is 0 Å². The first-order chi connectivity index (χ1) is 11.1. The van der Waals surface area contributed by atoms with Crippen molar-refractivity contribution in [3.8, 4) is 11.3 Å². The number of aromatic nitrogens is 1. The molecular weight excluding hydrogens is 334 g/mol. The van der Waals surface area contributed by atoms with Gasteiger partial charge in [0.15, 0.2) is 0 Å². The molecule has 23 heavy (non-hydrogen) atoms. The fraction of sp³-hybridized carbons (Fsp3) is 0.222. The number of H-pyrrole nitrogens is 1. The van der Waals surface area contributed by atoms with Crippen molar-refractivity contribution < 1.29 is 4.39 Å². The van der Waals surface area contributed by atoms with E-state index in [0.29, 0.717) is 16.6 Å². The van der Waals surface area contributed by atoms with Crippen LogP contribution in [-0.2, 0) is 6.42 Å². The van der Waals surface area contributed by atoms with Gasteiger partial charge in [-0.3, -0.25) is 0 Å². The van der Waals surface area contributed by atoms with Crippen LogP contribution in [0.1, 0.15) is 18.4 Å². The van der Waals surface area contributed by atoms with Crippen LogP contribution in [0.15, 0.2) is 36.4 Å². The summed E-state index contributed by atoms with van der Waals surface area (Å²) in [5.74, 6) is -0.349. The Kier molecular flexibility index (Phi) is 4.90. The third-order valence-electron chi connectivity index (χ3n) is 3.97. The van der Waals surface area contributed by atoms with E-state index in [1.807, 2.05) is 18.2 Å². The number of halogens is 3. The van der Waals surface area contributed by atoms with Gasteiger partial charge in [-0.2, -0.15) is 0 Å². The van der Waals surface area contributed by atoms with Crippen LogP contribution < -0.4 is 5.73 Å². The van der Waals surface area contributed by atoms with Crippen LogP contribution in [0.3, 0.4) is 0 Å². The van der Waals surface area contributed by atoms with Crippen LogP contribution in [0.2, 0.25) is 10.0 Å². The maximum atomic E-state index is 13.4. The lowest BCUT2D eigenvalue weighted by Crippen LogP contribution is -1.99. The first kappa shape index (κ1) is 16.3. The highest BCUT2D eigenvalue weighted by Crippen LogP contribution is 2.37. The lowest BCUT2D eigenvalue weighted by Gasteiger charge is -2.07.